The highest BCUT2D eigenvalue weighted by Gasteiger charge is 1.87. The van der Waals surface area contributed by atoms with Gasteiger partial charge < -0.3 is 4.74 Å². The minimum absolute atomic E-state index is 0.840. The van der Waals surface area contributed by atoms with Gasteiger partial charge in [-0.3, -0.25) is 0 Å². The first-order valence-electron chi connectivity index (χ1n) is 3.14. The molecule has 0 amide bonds. The van der Waals surface area contributed by atoms with E-state index in [9.17, 15) is 0 Å². The van der Waals surface area contributed by atoms with E-state index < -0.39 is 0 Å². The van der Waals surface area contributed by atoms with Gasteiger partial charge in [-0.2, -0.15) is 0 Å². The zero-order valence-corrected chi connectivity index (χ0v) is 7.71. The van der Waals surface area contributed by atoms with Gasteiger partial charge in [0.25, 0.3) is 0 Å². The maximum absolute atomic E-state index is 4.76. The molecule has 0 N–H and O–H groups in total. The van der Waals surface area contributed by atoms with Crippen molar-refractivity contribution in [2.24, 2.45) is 0 Å². The number of ether oxygens (including phenoxy) is 1. The van der Waals surface area contributed by atoms with Gasteiger partial charge in [-0.05, 0) is 33.6 Å². The molecule has 0 saturated heterocycles. The van der Waals surface area contributed by atoms with E-state index in [1.165, 1.54) is 0 Å². The number of aromatic nitrogens is 1. The predicted molar refractivity (Wildman–Crippen MR) is 48.0 cm³/mol. The van der Waals surface area contributed by atoms with Crippen molar-refractivity contribution >= 4 is 22.0 Å². The van der Waals surface area contributed by atoms with Crippen LogP contribution < -0.4 is 0 Å². The molecule has 0 unspecified atom stereocenters. The van der Waals surface area contributed by atoms with Crippen LogP contribution in [0.4, 0.5) is 0 Å². The summed E-state index contributed by atoms with van der Waals surface area (Å²) in [5, 5.41) is 0. The molecule has 0 aliphatic carbocycles. The Balaban J connectivity index is 2.73. The summed E-state index contributed by atoms with van der Waals surface area (Å²) in [5.74, 6) is 0. The molecule has 0 aliphatic rings. The summed E-state index contributed by atoms with van der Waals surface area (Å²) in [6.07, 6.45) is 5.23. The molecule has 58 valence electrons. The van der Waals surface area contributed by atoms with E-state index in [2.05, 4.69) is 20.9 Å². The molecule has 1 rings (SSSR count). The number of nitrogens with zero attached hydrogens (tertiary/aromatic N) is 1. The second-order valence-corrected chi connectivity index (χ2v) is 2.77. The number of rotatable bonds is 2. The van der Waals surface area contributed by atoms with Gasteiger partial charge in [-0.25, -0.2) is 4.98 Å². The molecule has 0 fully saturated rings. The minimum atomic E-state index is 0.840. The molecule has 1 aromatic heterocycles. The van der Waals surface area contributed by atoms with E-state index in [1.807, 2.05) is 18.2 Å². The Hall–Kier alpha value is -0.830. The van der Waals surface area contributed by atoms with Crippen LogP contribution in [0, 0.1) is 0 Å². The monoisotopic (exact) mass is 213 g/mol. The van der Waals surface area contributed by atoms with Gasteiger partial charge in [0.05, 0.1) is 13.4 Å². The van der Waals surface area contributed by atoms with Gasteiger partial charge >= 0.3 is 0 Å². The Bertz CT molecular complexity index is 243. The van der Waals surface area contributed by atoms with Crippen LogP contribution in [0.25, 0.3) is 6.08 Å². The van der Waals surface area contributed by atoms with Gasteiger partial charge in [0, 0.05) is 6.20 Å². The quantitative estimate of drug-likeness (QED) is 0.557. The molecule has 1 aromatic rings. The molecular weight excluding hydrogens is 206 g/mol. The molecule has 0 atom stereocenters. The third kappa shape index (κ3) is 2.72. The average molecular weight is 214 g/mol. The molecule has 2 nitrogen and oxygen atoms in total. The number of halogens is 1. The highest BCUT2D eigenvalue weighted by atomic mass is 79.9. The summed E-state index contributed by atoms with van der Waals surface area (Å²) >= 11 is 3.25. The number of hydrogen-bond donors (Lipinski definition) is 0. The van der Waals surface area contributed by atoms with Crippen molar-refractivity contribution in [1.82, 2.24) is 4.98 Å². The zero-order chi connectivity index (χ0) is 8.10. The van der Waals surface area contributed by atoms with E-state index >= 15 is 0 Å². The van der Waals surface area contributed by atoms with Crippen molar-refractivity contribution in [2.75, 3.05) is 7.11 Å². The topological polar surface area (TPSA) is 22.1 Å². The maximum atomic E-state index is 4.76. The standard InChI is InChI=1S/C8H8BrNO/c1-11-5-4-7-2-3-8(9)10-6-7/h2-6H,1H3/b5-4+. The fraction of sp³-hybridized carbons (Fsp3) is 0.125. The number of pyridine rings is 1. The molecule has 1 heterocycles. The predicted octanol–water partition coefficient (Wildman–Crippen LogP) is 2.46. The van der Waals surface area contributed by atoms with Crippen molar-refractivity contribution < 1.29 is 4.74 Å². The van der Waals surface area contributed by atoms with Gasteiger partial charge in [0.15, 0.2) is 0 Å². The lowest BCUT2D eigenvalue weighted by Gasteiger charge is -1.91. The average Bonchev–Trinajstić information content (AvgIpc) is 2.04. The summed E-state index contributed by atoms with van der Waals surface area (Å²) < 4.78 is 5.60. The van der Waals surface area contributed by atoms with Gasteiger partial charge in [0.2, 0.25) is 0 Å². The van der Waals surface area contributed by atoms with Crippen LogP contribution in [0.5, 0.6) is 0 Å². The summed E-state index contributed by atoms with van der Waals surface area (Å²) in [6.45, 7) is 0. The molecular formula is C8H8BrNO. The lowest BCUT2D eigenvalue weighted by molar-refractivity contribution is 0.341. The van der Waals surface area contributed by atoms with Crippen molar-refractivity contribution in [3.63, 3.8) is 0 Å². The zero-order valence-electron chi connectivity index (χ0n) is 6.12. The Labute approximate surface area is 74.0 Å². The van der Waals surface area contributed by atoms with Crippen LogP contribution >= 0.6 is 15.9 Å². The fourth-order valence-electron chi connectivity index (χ4n) is 0.632. The molecule has 3 heteroatoms. The third-order valence-electron chi connectivity index (χ3n) is 1.15. The van der Waals surface area contributed by atoms with E-state index in [0.29, 0.717) is 0 Å². The lowest BCUT2D eigenvalue weighted by Crippen LogP contribution is -1.76. The van der Waals surface area contributed by atoms with Crippen molar-refractivity contribution in [3.05, 3.63) is 34.8 Å². The van der Waals surface area contributed by atoms with Gasteiger partial charge in [-0.1, -0.05) is 6.07 Å². The van der Waals surface area contributed by atoms with Crippen LogP contribution in [-0.2, 0) is 4.74 Å². The summed E-state index contributed by atoms with van der Waals surface area (Å²) in [7, 11) is 1.61. The lowest BCUT2D eigenvalue weighted by atomic mass is 10.3. The molecule has 0 saturated carbocycles. The Morgan fingerprint density at radius 1 is 1.55 bits per heavy atom. The van der Waals surface area contributed by atoms with Crippen LogP contribution in [0.3, 0.4) is 0 Å². The van der Waals surface area contributed by atoms with Gasteiger partial charge in [0.1, 0.15) is 4.60 Å². The maximum Gasteiger partial charge on any atom is 0.106 e. The summed E-state index contributed by atoms with van der Waals surface area (Å²) in [5.41, 5.74) is 1.02. The van der Waals surface area contributed by atoms with E-state index in [0.717, 1.165) is 10.2 Å². The largest absolute Gasteiger partial charge is 0.504 e. The summed E-state index contributed by atoms with van der Waals surface area (Å²) in [4.78, 5) is 4.04. The molecule has 0 bridgehead atoms. The first kappa shape index (κ1) is 8.27. The molecule has 0 spiro atoms. The van der Waals surface area contributed by atoms with Crippen molar-refractivity contribution in [1.29, 1.82) is 0 Å². The second kappa shape index (κ2) is 4.13. The highest BCUT2D eigenvalue weighted by molar-refractivity contribution is 9.10. The Kier molecular flexibility index (Phi) is 3.11. The second-order valence-electron chi connectivity index (χ2n) is 1.95. The Morgan fingerprint density at radius 2 is 2.36 bits per heavy atom. The van der Waals surface area contributed by atoms with E-state index in [-0.39, 0.29) is 0 Å². The first-order chi connectivity index (χ1) is 5.33. The number of methoxy groups -OCH3 is 1. The summed E-state index contributed by atoms with van der Waals surface area (Å²) in [6, 6.07) is 3.84. The van der Waals surface area contributed by atoms with Crippen LogP contribution in [0.15, 0.2) is 29.2 Å². The molecule has 0 aliphatic heterocycles. The van der Waals surface area contributed by atoms with E-state index in [1.54, 1.807) is 19.6 Å². The van der Waals surface area contributed by atoms with Crippen LogP contribution in [0.2, 0.25) is 0 Å². The van der Waals surface area contributed by atoms with Crippen LogP contribution in [0.1, 0.15) is 5.56 Å². The molecule has 11 heavy (non-hydrogen) atoms. The minimum Gasteiger partial charge on any atom is -0.504 e. The Morgan fingerprint density at radius 3 is 2.91 bits per heavy atom. The third-order valence-corrected chi connectivity index (χ3v) is 1.62. The van der Waals surface area contributed by atoms with Crippen LogP contribution in [-0.4, -0.2) is 12.1 Å². The smallest absolute Gasteiger partial charge is 0.106 e. The van der Waals surface area contributed by atoms with Gasteiger partial charge in [-0.15, -0.1) is 0 Å². The highest BCUT2D eigenvalue weighted by Crippen LogP contribution is 2.07. The van der Waals surface area contributed by atoms with Crippen molar-refractivity contribution in [3.8, 4) is 0 Å². The molecule has 0 radical (unpaired) electrons. The normalized spacial score (nSPS) is 10.4. The molecule has 0 aromatic carbocycles. The fourth-order valence-corrected chi connectivity index (χ4v) is 0.867. The van der Waals surface area contributed by atoms with Crippen molar-refractivity contribution in [2.45, 2.75) is 0 Å². The SMILES string of the molecule is CO/C=C/c1ccc(Br)nc1. The van der Waals surface area contributed by atoms with E-state index in [4.69, 9.17) is 4.74 Å². The number of hydrogen-bond acceptors (Lipinski definition) is 2. The first-order valence-corrected chi connectivity index (χ1v) is 3.93.